The fourth-order valence-electron chi connectivity index (χ4n) is 5.12. The number of amides is 1. The highest BCUT2D eigenvalue weighted by atomic mass is 31.2. The highest BCUT2D eigenvalue weighted by molar-refractivity contribution is 7.52. The molecular formula is C29H38FN6O10P. The molecule has 18 heteroatoms. The molecule has 1 fully saturated rings. The highest BCUT2D eigenvalue weighted by Gasteiger charge is 2.58. The zero-order chi connectivity index (χ0) is 33.6. The molecule has 1 amide bonds. The molecule has 3 aromatic rings. The number of carbonyl (C=O) groups excluding carboxylic acids is 2. The van der Waals surface area contributed by atoms with Crippen molar-refractivity contribution in [2.24, 2.45) is 5.92 Å². The van der Waals surface area contributed by atoms with Crippen molar-refractivity contribution in [3.63, 3.8) is 0 Å². The Bertz CT molecular complexity index is 1580. The molecule has 4 N–H and O–H groups in total. The second-order valence-electron chi connectivity index (χ2n) is 11.6. The van der Waals surface area contributed by atoms with Crippen molar-refractivity contribution in [2.45, 2.75) is 76.3 Å². The van der Waals surface area contributed by atoms with Gasteiger partial charge in [-0.3, -0.25) is 19.2 Å². The van der Waals surface area contributed by atoms with Gasteiger partial charge in [0.1, 0.15) is 30.3 Å². The van der Waals surface area contributed by atoms with Crippen LogP contribution in [0.1, 0.15) is 52.2 Å². The van der Waals surface area contributed by atoms with Gasteiger partial charge in [-0.25, -0.2) is 28.7 Å². The predicted octanol–water partition coefficient (Wildman–Crippen LogP) is 3.62. The summed E-state index contributed by atoms with van der Waals surface area (Å²) in [7, 11) is -4.45. The summed E-state index contributed by atoms with van der Waals surface area (Å²) in [6.07, 6.45) is -1.66. The van der Waals surface area contributed by atoms with Crippen LogP contribution in [0.25, 0.3) is 11.2 Å². The molecule has 0 radical (unpaired) electrons. The molecule has 256 valence electrons. The van der Waals surface area contributed by atoms with Crippen LogP contribution in [-0.4, -0.2) is 85.7 Å². The highest BCUT2D eigenvalue weighted by Crippen LogP contribution is 2.48. The van der Waals surface area contributed by atoms with Gasteiger partial charge in [-0.1, -0.05) is 32.0 Å². The number of aliphatic hydroxyl groups is 2. The fraction of sp³-hybridized carbons (Fsp3) is 0.552. The van der Waals surface area contributed by atoms with E-state index in [4.69, 9.17) is 23.3 Å². The molecule has 5 rings (SSSR count). The number of carbonyl (C=O) groups is 2. The first-order valence-electron chi connectivity index (χ1n) is 15.3. The van der Waals surface area contributed by atoms with Gasteiger partial charge < -0.3 is 28.9 Å². The number of benzene rings is 1. The number of esters is 1. The number of para-hydroxylation sites is 1. The van der Waals surface area contributed by atoms with Gasteiger partial charge >= 0.3 is 19.8 Å². The van der Waals surface area contributed by atoms with Crippen LogP contribution in [0, 0.1) is 5.92 Å². The van der Waals surface area contributed by atoms with Crippen molar-refractivity contribution >= 4 is 36.8 Å². The number of halogens is 1. The first-order valence-corrected chi connectivity index (χ1v) is 16.8. The van der Waals surface area contributed by atoms with E-state index in [0.717, 1.165) is 17.2 Å². The second kappa shape index (κ2) is 15.0. The Morgan fingerprint density at radius 2 is 1.83 bits per heavy atom. The molecule has 2 aliphatic rings. The maximum Gasteiger partial charge on any atom is 0.459 e. The minimum Gasteiger partial charge on any atom is -0.465 e. The van der Waals surface area contributed by atoms with Crippen LogP contribution < -0.4 is 14.9 Å². The van der Waals surface area contributed by atoms with Gasteiger partial charge in [0, 0.05) is 0 Å². The lowest BCUT2D eigenvalue weighted by Crippen LogP contribution is -2.43. The number of aromatic nitrogens is 4. The first kappa shape index (κ1) is 34.6. The maximum atomic E-state index is 15.8. The third kappa shape index (κ3) is 8.41. The average molecular weight is 681 g/mol. The van der Waals surface area contributed by atoms with E-state index in [1.54, 1.807) is 18.2 Å². The first-order chi connectivity index (χ1) is 22.5. The summed E-state index contributed by atoms with van der Waals surface area (Å²) in [4.78, 5) is 37.8. The van der Waals surface area contributed by atoms with E-state index in [1.807, 2.05) is 13.8 Å². The lowest BCUT2D eigenvalue weighted by atomic mass is 10.1. The number of nitrogens with zero attached hydrogens (tertiary/aromatic N) is 4. The molecular weight excluding hydrogens is 642 g/mol. The Morgan fingerprint density at radius 3 is 2.55 bits per heavy atom. The van der Waals surface area contributed by atoms with Gasteiger partial charge in [-0.05, 0) is 50.2 Å². The van der Waals surface area contributed by atoms with Crippen LogP contribution in [0.3, 0.4) is 0 Å². The molecule has 1 unspecified atom stereocenters. The van der Waals surface area contributed by atoms with Crippen molar-refractivity contribution in [1.82, 2.24) is 24.6 Å². The molecule has 2 aliphatic heterocycles. The van der Waals surface area contributed by atoms with Crippen molar-refractivity contribution < 1.29 is 52.0 Å². The van der Waals surface area contributed by atoms with Gasteiger partial charge in [0.25, 0.3) is 5.85 Å². The van der Waals surface area contributed by atoms with Crippen LogP contribution in [0.2, 0.25) is 0 Å². The second-order valence-corrected chi connectivity index (χ2v) is 13.3. The van der Waals surface area contributed by atoms with Crippen LogP contribution in [-0.2, 0) is 28.1 Å². The van der Waals surface area contributed by atoms with E-state index in [1.165, 1.54) is 12.1 Å². The predicted molar refractivity (Wildman–Crippen MR) is 163 cm³/mol. The number of hydrogen-bond acceptors (Lipinski definition) is 13. The number of hydrogen-bond donors (Lipinski definition) is 4. The smallest absolute Gasteiger partial charge is 0.459 e. The van der Waals surface area contributed by atoms with Gasteiger partial charge in [0.15, 0.2) is 23.2 Å². The normalized spacial score (nSPS) is 30.1. The number of aliphatic hydroxyl groups excluding tert-OH is 1. The maximum absolute atomic E-state index is 15.8. The van der Waals surface area contributed by atoms with Gasteiger partial charge in [0.2, 0.25) is 0 Å². The summed E-state index contributed by atoms with van der Waals surface area (Å²) < 4.78 is 58.8. The van der Waals surface area contributed by atoms with Crippen molar-refractivity contribution in [2.75, 3.05) is 25.1 Å². The minimum absolute atomic E-state index is 0.0299. The quantitative estimate of drug-likeness (QED) is 0.230. The van der Waals surface area contributed by atoms with Crippen LogP contribution >= 0.6 is 7.75 Å². The molecule has 1 saturated heterocycles. The average Bonchev–Trinajstić information content (AvgIpc) is 3.55. The SMILES string of the molecule is CC(C)C[C@H]1NP(=O)(Oc2ccccc2)OC[C@H]2O[C@@H](n3cnc4c(ncnc43)NC(=O)OCCCCCCOC1=O)[C@@](O)(F)[C@@H]2O. The minimum atomic E-state index is -4.45. The number of rotatable bonds is 4. The lowest BCUT2D eigenvalue weighted by Gasteiger charge is -2.26. The summed E-state index contributed by atoms with van der Waals surface area (Å²) in [6.45, 7) is 3.18. The standard InChI is InChI=1S/C29H38FN6O10P/c1-18(2)14-20-26(38)42-12-8-3-4-9-13-43-28(39)34-24-22-25(32-16-31-24)36(17-33-22)27-29(30,40)23(37)21(45-27)15-44-47(41,35-20)46-19-10-6-5-7-11-19/h5-7,10-11,16-18,20-21,23,27,37,40H,3-4,8-9,12-15H2,1-2H3,(H,35,41)(H,31,32,34,39)/t20-,21-,23-,27-,29-,47?/m1/s1. The number of anilines is 1. The largest absolute Gasteiger partial charge is 0.465 e. The molecule has 0 spiro atoms. The van der Waals surface area contributed by atoms with Crippen LogP contribution in [0.4, 0.5) is 15.0 Å². The number of imidazole rings is 1. The zero-order valence-electron chi connectivity index (χ0n) is 25.9. The summed E-state index contributed by atoms with van der Waals surface area (Å²) in [6, 6.07) is 6.92. The molecule has 47 heavy (non-hydrogen) atoms. The number of ether oxygens (including phenoxy) is 3. The summed E-state index contributed by atoms with van der Waals surface area (Å²) >= 11 is 0. The molecule has 6 atom stereocenters. The van der Waals surface area contributed by atoms with E-state index in [0.29, 0.717) is 25.7 Å². The van der Waals surface area contributed by atoms with E-state index in [2.05, 4.69) is 25.4 Å². The number of alkyl halides is 1. The lowest BCUT2D eigenvalue weighted by molar-refractivity contribution is -0.195. The molecule has 4 heterocycles. The van der Waals surface area contributed by atoms with E-state index < -0.39 is 56.7 Å². The molecule has 1 aromatic carbocycles. The van der Waals surface area contributed by atoms with Gasteiger partial charge in [-0.2, -0.15) is 5.09 Å². The summed E-state index contributed by atoms with van der Waals surface area (Å²) in [5, 5.41) is 26.7. The van der Waals surface area contributed by atoms with Crippen molar-refractivity contribution in [1.29, 1.82) is 0 Å². The van der Waals surface area contributed by atoms with E-state index in [-0.39, 0.29) is 48.3 Å². The Morgan fingerprint density at radius 1 is 1.11 bits per heavy atom. The Labute approximate surface area is 269 Å². The monoisotopic (exact) mass is 680 g/mol. The Balaban J connectivity index is 1.45. The van der Waals surface area contributed by atoms with Crippen LogP contribution in [0.15, 0.2) is 43.0 Å². The molecule has 2 aromatic heterocycles. The van der Waals surface area contributed by atoms with Crippen molar-refractivity contribution in [3.8, 4) is 5.75 Å². The number of nitrogens with one attached hydrogen (secondary N) is 2. The zero-order valence-corrected chi connectivity index (χ0v) is 26.8. The van der Waals surface area contributed by atoms with Crippen molar-refractivity contribution in [3.05, 3.63) is 43.0 Å². The molecule has 16 nitrogen and oxygen atoms in total. The Hall–Kier alpha value is -3.73. The topological polar surface area (TPSA) is 205 Å². The van der Waals surface area contributed by atoms with Crippen LogP contribution in [0.5, 0.6) is 5.75 Å². The molecule has 0 aliphatic carbocycles. The van der Waals surface area contributed by atoms with E-state index >= 15 is 4.39 Å². The summed E-state index contributed by atoms with van der Waals surface area (Å²) in [5.74, 6) is -4.03. The van der Waals surface area contributed by atoms with Gasteiger partial charge in [0.05, 0.1) is 26.1 Å². The third-order valence-corrected chi connectivity index (χ3v) is 9.02. The van der Waals surface area contributed by atoms with E-state index in [9.17, 15) is 24.4 Å². The molecule has 0 saturated carbocycles. The fourth-order valence-corrected chi connectivity index (χ4v) is 6.64. The van der Waals surface area contributed by atoms with Gasteiger partial charge in [-0.15, -0.1) is 0 Å². The number of fused-ring (bicyclic) bond motifs is 3. The Kier molecular flexibility index (Phi) is 11.0. The molecule has 6 bridgehead atoms. The summed E-state index contributed by atoms with van der Waals surface area (Å²) in [5.41, 5.74) is -0.0134. The number of cyclic esters (lactones) is 2. The third-order valence-electron chi connectivity index (χ3n) is 7.45.